The zero-order valence-electron chi connectivity index (χ0n) is 18.1. The first kappa shape index (κ1) is 21.3. The van der Waals surface area contributed by atoms with Crippen LogP contribution in [-0.4, -0.2) is 45.9 Å². The van der Waals surface area contributed by atoms with E-state index in [-0.39, 0.29) is 11.2 Å². The minimum absolute atomic E-state index is 0.0837. The summed E-state index contributed by atoms with van der Waals surface area (Å²) in [4.78, 5) is 19.3. The van der Waals surface area contributed by atoms with E-state index in [9.17, 15) is 4.79 Å². The Labute approximate surface area is 187 Å². The summed E-state index contributed by atoms with van der Waals surface area (Å²) in [5.74, 6) is 1.61. The van der Waals surface area contributed by atoms with Crippen molar-refractivity contribution in [2.75, 3.05) is 20.3 Å². The number of amides is 1. The van der Waals surface area contributed by atoms with Gasteiger partial charge in [0.15, 0.2) is 16.7 Å². The van der Waals surface area contributed by atoms with Crippen LogP contribution in [0.1, 0.15) is 19.4 Å². The minimum Gasteiger partial charge on any atom is -0.486 e. The lowest BCUT2D eigenvalue weighted by Crippen LogP contribution is -2.33. The van der Waals surface area contributed by atoms with Crippen LogP contribution in [0.5, 0.6) is 11.5 Å². The van der Waals surface area contributed by atoms with Gasteiger partial charge in [-0.05, 0) is 37.6 Å². The molecule has 0 N–H and O–H groups in total. The normalized spacial score (nSPS) is 13.6. The lowest BCUT2D eigenvalue weighted by atomic mass is 10.1. The minimum atomic E-state index is -0.241. The molecule has 1 amide bonds. The first-order chi connectivity index (χ1) is 15.1. The summed E-state index contributed by atoms with van der Waals surface area (Å²) >= 11 is 1.49. The maximum absolute atomic E-state index is 12.9. The van der Waals surface area contributed by atoms with Crippen LogP contribution in [0.25, 0.3) is 11.3 Å². The SMILES string of the molecule is CCn1c(-c2ccc3c(c2)OCCO3)cnc1SC(C)C(=O)N(C)Cc1ccccc1. The van der Waals surface area contributed by atoms with Gasteiger partial charge in [-0.15, -0.1) is 0 Å². The van der Waals surface area contributed by atoms with Gasteiger partial charge in [-0.3, -0.25) is 4.79 Å². The number of rotatable bonds is 7. The van der Waals surface area contributed by atoms with Crippen molar-refractivity contribution in [3.8, 4) is 22.8 Å². The number of hydrogen-bond donors (Lipinski definition) is 0. The highest BCUT2D eigenvalue weighted by atomic mass is 32.2. The van der Waals surface area contributed by atoms with Crippen LogP contribution in [-0.2, 0) is 17.9 Å². The molecular formula is C24H27N3O3S. The lowest BCUT2D eigenvalue weighted by Gasteiger charge is -2.21. The van der Waals surface area contributed by atoms with Gasteiger partial charge >= 0.3 is 0 Å². The molecule has 2 heterocycles. The van der Waals surface area contributed by atoms with Crippen molar-refractivity contribution < 1.29 is 14.3 Å². The number of hydrogen-bond acceptors (Lipinski definition) is 5. The van der Waals surface area contributed by atoms with E-state index in [2.05, 4.69) is 16.5 Å². The van der Waals surface area contributed by atoms with Crippen molar-refractivity contribution >= 4 is 17.7 Å². The van der Waals surface area contributed by atoms with Crippen LogP contribution < -0.4 is 9.47 Å². The van der Waals surface area contributed by atoms with Crippen LogP contribution in [0.3, 0.4) is 0 Å². The van der Waals surface area contributed by atoms with Crippen molar-refractivity contribution in [2.24, 2.45) is 0 Å². The van der Waals surface area contributed by atoms with Crippen LogP contribution in [0, 0.1) is 0 Å². The van der Waals surface area contributed by atoms with Gasteiger partial charge in [0, 0.05) is 25.7 Å². The van der Waals surface area contributed by atoms with E-state index in [1.165, 1.54) is 11.8 Å². The van der Waals surface area contributed by atoms with Crippen molar-refractivity contribution in [1.29, 1.82) is 0 Å². The first-order valence-electron chi connectivity index (χ1n) is 10.5. The van der Waals surface area contributed by atoms with Gasteiger partial charge in [-0.25, -0.2) is 4.98 Å². The molecule has 0 radical (unpaired) electrons. The van der Waals surface area contributed by atoms with Gasteiger partial charge < -0.3 is 18.9 Å². The molecule has 31 heavy (non-hydrogen) atoms. The van der Waals surface area contributed by atoms with Crippen molar-refractivity contribution in [3.05, 3.63) is 60.3 Å². The molecule has 0 saturated heterocycles. The molecule has 2 aromatic carbocycles. The molecule has 1 aliphatic heterocycles. The summed E-state index contributed by atoms with van der Waals surface area (Å²) in [7, 11) is 1.85. The Morgan fingerprint density at radius 3 is 2.65 bits per heavy atom. The molecule has 4 rings (SSSR count). The van der Waals surface area contributed by atoms with E-state index in [0.29, 0.717) is 19.8 Å². The van der Waals surface area contributed by atoms with Gasteiger partial charge in [-0.2, -0.15) is 0 Å². The number of imidazole rings is 1. The predicted molar refractivity (Wildman–Crippen MR) is 123 cm³/mol. The Balaban J connectivity index is 1.49. The lowest BCUT2D eigenvalue weighted by molar-refractivity contribution is -0.129. The number of fused-ring (bicyclic) bond motifs is 1. The van der Waals surface area contributed by atoms with E-state index in [1.807, 2.05) is 68.7 Å². The Morgan fingerprint density at radius 1 is 1.16 bits per heavy atom. The monoisotopic (exact) mass is 437 g/mol. The topological polar surface area (TPSA) is 56.6 Å². The van der Waals surface area contributed by atoms with E-state index < -0.39 is 0 Å². The smallest absolute Gasteiger partial charge is 0.235 e. The third-order valence-electron chi connectivity index (χ3n) is 5.24. The number of benzene rings is 2. The molecule has 0 bridgehead atoms. The first-order valence-corrected chi connectivity index (χ1v) is 11.4. The molecule has 7 heteroatoms. The standard InChI is InChI=1S/C24H27N3O3S/c1-4-27-20(19-10-11-21-22(14-19)30-13-12-29-21)15-25-24(27)31-17(2)23(28)26(3)16-18-8-6-5-7-9-18/h5-11,14-15,17H,4,12-13,16H2,1-3H3. The Morgan fingerprint density at radius 2 is 1.90 bits per heavy atom. The van der Waals surface area contributed by atoms with Gasteiger partial charge in [0.1, 0.15) is 13.2 Å². The Hall–Kier alpha value is -2.93. The summed E-state index contributed by atoms with van der Waals surface area (Å²) in [6.07, 6.45) is 1.86. The molecule has 0 fully saturated rings. The molecule has 162 valence electrons. The van der Waals surface area contributed by atoms with E-state index in [4.69, 9.17) is 9.47 Å². The number of carbonyl (C=O) groups excluding carboxylic acids is 1. The van der Waals surface area contributed by atoms with E-state index in [1.54, 1.807) is 4.90 Å². The molecule has 1 atom stereocenters. The third kappa shape index (κ3) is 4.71. The molecule has 1 aliphatic rings. The highest BCUT2D eigenvalue weighted by Gasteiger charge is 2.23. The number of ether oxygens (including phenoxy) is 2. The number of carbonyl (C=O) groups is 1. The van der Waals surface area contributed by atoms with Gasteiger partial charge in [0.05, 0.1) is 17.1 Å². The van der Waals surface area contributed by atoms with Gasteiger partial charge in [0.2, 0.25) is 5.91 Å². The summed E-state index contributed by atoms with van der Waals surface area (Å²) in [6, 6.07) is 16.0. The molecule has 1 unspecified atom stereocenters. The van der Waals surface area contributed by atoms with Crippen molar-refractivity contribution in [1.82, 2.24) is 14.5 Å². The molecular weight excluding hydrogens is 410 g/mol. The number of aromatic nitrogens is 2. The number of thioether (sulfide) groups is 1. The Bertz CT molecular complexity index is 1050. The highest BCUT2D eigenvalue weighted by Crippen LogP contribution is 2.36. The molecule has 0 aliphatic carbocycles. The second-order valence-electron chi connectivity index (χ2n) is 7.47. The van der Waals surface area contributed by atoms with Gasteiger partial charge in [0.25, 0.3) is 0 Å². The van der Waals surface area contributed by atoms with Crippen molar-refractivity contribution in [3.63, 3.8) is 0 Å². The molecule has 0 saturated carbocycles. The van der Waals surface area contributed by atoms with Crippen LogP contribution in [0.2, 0.25) is 0 Å². The van der Waals surface area contributed by atoms with Crippen molar-refractivity contribution in [2.45, 2.75) is 37.3 Å². The van der Waals surface area contributed by atoms with Gasteiger partial charge in [-0.1, -0.05) is 42.1 Å². The Kier molecular flexibility index (Phi) is 6.51. The fourth-order valence-electron chi connectivity index (χ4n) is 3.65. The average Bonchev–Trinajstić information content (AvgIpc) is 3.21. The fraction of sp³-hybridized carbons (Fsp3) is 0.333. The van der Waals surface area contributed by atoms with Crippen LogP contribution in [0.15, 0.2) is 59.9 Å². The van der Waals surface area contributed by atoms with Crippen LogP contribution in [0.4, 0.5) is 0 Å². The summed E-state index contributed by atoms with van der Waals surface area (Å²) < 4.78 is 13.5. The maximum Gasteiger partial charge on any atom is 0.235 e. The number of nitrogens with zero attached hydrogens (tertiary/aromatic N) is 3. The quantitative estimate of drug-likeness (QED) is 0.510. The summed E-state index contributed by atoms with van der Waals surface area (Å²) in [6.45, 7) is 6.50. The van der Waals surface area contributed by atoms with E-state index >= 15 is 0 Å². The third-order valence-corrected chi connectivity index (χ3v) is 6.33. The molecule has 0 spiro atoms. The second-order valence-corrected chi connectivity index (χ2v) is 8.78. The summed E-state index contributed by atoms with van der Waals surface area (Å²) in [5, 5.41) is 0.593. The zero-order chi connectivity index (χ0) is 21.8. The maximum atomic E-state index is 12.9. The van der Waals surface area contributed by atoms with Crippen LogP contribution >= 0.6 is 11.8 Å². The predicted octanol–water partition coefficient (Wildman–Crippen LogP) is 4.48. The summed E-state index contributed by atoms with van der Waals surface area (Å²) in [5.41, 5.74) is 3.14. The fourth-order valence-corrected chi connectivity index (χ4v) is 4.71. The largest absolute Gasteiger partial charge is 0.486 e. The average molecular weight is 438 g/mol. The second kappa shape index (κ2) is 9.47. The highest BCUT2D eigenvalue weighted by molar-refractivity contribution is 8.00. The molecule has 3 aromatic rings. The molecule has 1 aromatic heterocycles. The molecule has 6 nitrogen and oxygen atoms in total. The zero-order valence-corrected chi connectivity index (χ0v) is 18.9. The van der Waals surface area contributed by atoms with E-state index in [0.717, 1.165) is 40.0 Å².